The van der Waals surface area contributed by atoms with Crippen LogP contribution in [0.5, 0.6) is 0 Å². The minimum atomic E-state index is -0.299. The van der Waals surface area contributed by atoms with Crippen molar-refractivity contribution in [3.8, 4) is 0 Å². The van der Waals surface area contributed by atoms with Crippen molar-refractivity contribution in [1.29, 1.82) is 0 Å². The zero-order valence-corrected chi connectivity index (χ0v) is 20.4. The van der Waals surface area contributed by atoms with Crippen molar-refractivity contribution >= 4 is 0 Å². The van der Waals surface area contributed by atoms with E-state index in [-0.39, 0.29) is 24.0 Å². The lowest BCUT2D eigenvalue weighted by atomic mass is 9.48. The van der Waals surface area contributed by atoms with Gasteiger partial charge in [-0.25, -0.2) is 0 Å². The topological polar surface area (TPSA) is 40.5 Å². The van der Waals surface area contributed by atoms with Crippen molar-refractivity contribution in [1.82, 2.24) is 0 Å². The van der Waals surface area contributed by atoms with Gasteiger partial charge in [0.05, 0.1) is 6.10 Å². The molecule has 2 N–H and O–H groups in total. The molecule has 2 fully saturated rings. The summed E-state index contributed by atoms with van der Waals surface area (Å²) in [7, 11) is 0. The van der Waals surface area contributed by atoms with Crippen molar-refractivity contribution in [3.05, 3.63) is 11.1 Å². The molecule has 172 valence electrons. The van der Waals surface area contributed by atoms with E-state index in [9.17, 15) is 10.2 Å². The molecule has 8 atom stereocenters. The van der Waals surface area contributed by atoms with E-state index in [1.54, 1.807) is 5.57 Å². The van der Waals surface area contributed by atoms with Crippen LogP contribution >= 0.6 is 0 Å². The van der Waals surface area contributed by atoms with Gasteiger partial charge >= 0.3 is 0 Å². The second-order valence-corrected chi connectivity index (χ2v) is 12.6. The number of hydrogen-bond acceptors (Lipinski definition) is 2. The molecule has 0 radical (unpaired) electrons. The fraction of sp³-hybridized carbons (Fsp3) is 0.929. The number of aliphatic hydroxyl groups excluding tert-OH is 2. The Balaban J connectivity index is 1.55. The Morgan fingerprint density at radius 3 is 2.43 bits per heavy atom. The Hall–Kier alpha value is -0.340. The maximum Gasteiger partial charge on any atom is 0.0593 e. The van der Waals surface area contributed by atoms with Crippen molar-refractivity contribution in [2.45, 2.75) is 111 Å². The van der Waals surface area contributed by atoms with Crippen LogP contribution in [0.2, 0.25) is 0 Å². The highest BCUT2D eigenvalue weighted by atomic mass is 16.3. The van der Waals surface area contributed by atoms with Gasteiger partial charge < -0.3 is 10.2 Å². The molecule has 30 heavy (non-hydrogen) atoms. The Morgan fingerprint density at radius 1 is 0.967 bits per heavy atom. The van der Waals surface area contributed by atoms with Crippen molar-refractivity contribution < 1.29 is 10.2 Å². The first-order valence-electron chi connectivity index (χ1n) is 13.2. The Kier molecular flexibility index (Phi) is 6.50. The number of allylic oxidation sites excluding steroid dienone is 2. The lowest BCUT2D eigenvalue weighted by Gasteiger charge is -2.57. The van der Waals surface area contributed by atoms with Gasteiger partial charge in [0, 0.05) is 12.5 Å². The van der Waals surface area contributed by atoms with Crippen LogP contribution in [0.25, 0.3) is 0 Å². The van der Waals surface area contributed by atoms with Gasteiger partial charge in [-0.2, -0.15) is 0 Å². The van der Waals surface area contributed by atoms with E-state index >= 15 is 0 Å². The van der Waals surface area contributed by atoms with Gasteiger partial charge in [0.15, 0.2) is 0 Å². The van der Waals surface area contributed by atoms with E-state index in [2.05, 4.69) is 34.6 Å². The van der Waals surface area contributed by atoms with E-state index in [1.165, 1.54) is 57.8 Å². The van der Waals surface area contributed by atoms with Crippen LogP contribution in [0.1, 0.15) is 105 Å². The van der Waals surface area contributed by atoms with E-state index in [0.29, 0.717) is 11.3 Å². The number of aliphatic hydroxyl groups is 2. The zero-order valence-electron chi connectivity index (χ0n) is 20.4. The molecule has 2 nitrogen and oxygen atoms in total. The van der Waals surface area contributed by atoms with E-state index in [4.69, 9.17) is 0 Å². The summed E-state index contributed by atoms with van der Waals surface area (Å²) in [6.07, 6.45) is 13.8. The van der Waals surface area contributed by atoms with E-state index < -0.39 is 0 Å². The highest BCUT2D eigenvalue weighted by Gasteiger charge is 2.57. The van der Waals surface area contributed by atoms with Crippen LogP contribution < -0.4 is 0 Å². The molecule has 0 aromatic carbocycles. The van der Waals surface area contributed by atoms with Gasteiger partial charge in [-0.05, 0) is 91.8 Å². The van der Waals surface area contributed by atoms with Crippen LogP contribution in [0.15, 0.2) is 11.1 Å². The molecule has 2 heteroatoms. The molecule has 0 aromatic rings. The molecule has 0 amide bonds. The van der Waals surface area contributed by atoms with Crippen LogP contribution in [0.3, 0.4) is 0 Å². The van der Waals surface area contributed by atoms with Crippen molar-refractivity contribution in [2.24, 2.45) is 46.3 Å². The van der Waals surface area contributed by atoms with Crippen LogP contribution in [-0.2, 0) is 0 Å². The van der Waals surface area contributed by atoms with E-state index in [1.807, 2.05) is 5.57 Å². The second-order valence-electron chi connectivity index (χ2n) is 12.6. The minimum absolute atomic E-state index is 0.0865. The van der Waals surface area contributed by atoms with Gasteiger partial charge in [0.2, 0.25) is 0 Å². The predicted molar refractivity (Wildman–Crippen MR) is 125 cm³/mol. The summed E-state index contributed by atoms with van der Waals surface area (Å²) in [4.78, 5) is 0. The summed E-state index contributed by atoms with van der Waals surface area (Å²) >= 11 is 0. The number of rotatable bonds is 6. The van der Waals surface area contributed by atoms with E-state index in [0.717, 1.165) is 36.5 Å². The second kappa shape index (κ2) is 8.54. The molecule has 0 saturated heterocycles. The first-order valence-corrected chi connectivity index (χ1v) is 13.2. The molecule has 0 bridgehead atoms. The summed E-state index contributed by atoms with van der Waals surface area (Å²) in [6, 6.07) is 0. The Labute approximate surface area is 185 Å². The third-order valence-electron chi connectivity index (χ3n) is 10.7. The molecule has 4 aliphatic carbocycles. The lowest BCUT2D eigenvalue weighted by Crippen LogP contribution is -2.50. The van der Waals surface area contributed by atoms with Crippen molar-refractivity contribution in [2.75, 3.05) is 6.61 Å². The monoisotopic (exact) mass is 416 g/mol. The van der Waals surface area contributed by atoms with Crippen LogP contribution in [0, 0.1) is 46.3 Å². The molecule has 0 spiro atoms. The van der Waals surface area contributed by atoms with Crippen LogP contribution in [-0.4, -0.2) is 22.9 Å². The first kappa shape index (κ1) is 22.8. The maximum atomic E-state index is 10.5. The molecule has 0 aromatic heterocycles. The van der Waals surface area contributed by atoms with Gasteiger partial charge in [-0.3, -0.25) is 0 Å². The summed E-state index contributed by atoms with van der Waals surface area (Å²) in [5, 5.41) is 20.6. The average molecular weight is 417 g/mol. The predicted octanol–water partition coefficient (Wildman–Crippen LogP) is 6.75. The molecular formula is C28H48O2. The molecule has 4 aliphatic rings. The molecule has 4 rings (SSSR count). The Bertz CT molecular complexity index is 651. The largest absolute Gasteiger partial charge is 0.396 e. The SMILES string of the molecule is CC(C)CCC[C@@H](C)[C@H]1CC[C@H]2C3=C(CC[C@]12C)[C@@]1(C)CC[C@H](O)[C@@H](CO)[C@@H]1CC3. The molecule has 0 unspecified atom stereocenters. The average Bonchev–Trinajstić information content (AvgIpc) is 3.05. The quantitative estimate of drug-likeness (QED) is 0.470. The Morgan fingerprint density at radius 2 is 1.73 bits per heavy atom. The standard InChI is InChI=1S/C28H48O2/c1-18(2)7-6-8-19(3)22-11-12-23-20-9-10-24-21(17-29)26(30)14-16-28(24,5)25(20)13-15-27(22,23)4/h18-19,21-24,26,29-30H,6-17H2,1-5H3/t19-,21+,22-,23+,24+,26+,27-,28+/m1/s1. The maximum absolute atomic E-state index is 10.5. The van der Waals surface area contributed by atoms with Gasteiger partial charge in [0.1, 0.15) is 0 Å². The summed E-state index contributed by atoms with van der Waals surface area (Å²) in [5.74, 6) is 3.95. The third-order valence-corrected chi connectivity index (χ3v) is 10.7. The first-order chi connectivity index (χ1) is 14.2. The molecule has 2 saturated carbocycles. The van der Waals surface area contributed by atoms with Gasteiger partial charge in [-0.15, -0.1) is 0 Å². The highest BCUT2D eigenvalue weighted by molar-refractivity contribution is 5.34. The number of hydrogen-bond donors (Lipinski definition) is 2. The highest BCUT2D eigenvalue weighted by Crippen LogP contribution is 2.66. The van der Waals surface area contributed by atoms with Gasteiger partial charge in [0.25, 0.3) is 0 Å². The van der Waals surface area contributed by atoms with Gasteiger partial charge in [-0.1, -0.05) is 65.0 Å². The third kappa shape index (κ3) is 3.62. The normalized spacial score (nSPS) is 44.6. The van der Waals surface area contributed by atoms with Crippen LogP contribution in [0.4, 0.5) is 0 Å². The number of fused-ring (bicyclic) bond motifs is 4. The molecule has 0 aliphatic heterocycles. The molecular weight excluding hydrogens is 368 g/mol. The van der Waals surface area contributed by atoms with Crippen molar-refractivity contribution in [3.63, 3.8) is 0 Å². The minimum Gasteiger partial charge on any atom is -0.396 e. The smallest absolute Gasteiger partial charge is 0.0593 e. The summed E-state index contributed by atoms with van der Waals surface area (Å²) < 4.78 is 0. The zero-order chi connectivity index (χ0) is 21.7. The summed E-state index contributed by atoms with van der Waals surface area (Å²) in [5.41, 5.74) is 4.35. The summed E-state index contributed by atoms with van der Waals surface area (Å²) in [6.45, 7) is 12.6. The lowest BCUT2D eigenvalue weighted by molar-refractivity contribution is -0.0619. The fourth-order valence-electron chi connectivity index (χ4n) is 8.98. The fourth-order valence-corrected chi connectivity index (χ4v) is 8.98. The molecule has 0 heterocycles.